The number of hydrogen-bond acceptors (Lipinski definition) is 13. The lowest BCUT2D eigenvalue weighted by Crippen LogP contribution is -2.73. The molecule has 0 bridgehead atoms. The summed E-state index contributed by atoms with van der Waals surface area (Å²) in [7, 11) is -1.41. The lowest BCUT2D eigenvalue weighted by molar-refractivity contribution is -0.359. The minimum atomic E-state index is -2.56. The van der Waals surface area contributed by atoms with Crippen LogP contribution in [-0.4, -0.2) is 94.8 Å². The highest BCUT2D eigenvalue weighted by Crippen LogP contribution is 2.41. The average Bonchev–Trinajstić information content (AvgIpc) is 2.81. The molecule has 0 aromatic rings. The van der Waals surface area contributed by atoms with Gasteiger partial charge in [0.05, 0.1) is 20.3 Å². The molecule has 1 aliphatic heterocycles. The zero-order valence-corrected chi connectivity index (χ0v) is 25.9. The second-order valence-corrected chi connectivity index (χ2v) is 15.5. The van der Waals surface area contributed by atoms with Crippen molar-refractivity contribution in [2.24, 2.45) is 0 Å². The predicted molar refractivity (Wildman–Crippen MR) is 141 cm³/mol. The van der Waals surface area contributed by atoms with Gasteiger partial charge in [-0.2, -0.15) is 0 Å². The van der Waals surface area contributed by atoms with Crippen LogP contribution in [0.4, 0.5) is 0 Å². The zero-order chi connectivity index (χ0) is 31.1. The van der Waals surface area contributed by atoms with E-state index in [1.165, 1.54) is 6.08 Å². The second-order valence-electron chi connectivity index (χ2n) is 10.7. The summed E-state index contributed by atoms with van der Waals surface area (Å²) < 4.78 is 45.0. The molecule has 0 saturated carbocycles. The third-order valence-electron chi connectivity index (χ3n) is 6.51. The van der Waals surface area contributed by atoms with E-state index in [1.807, 2.05) is 33.9 Å². The Labute approximate surface area is 235 Å². The average molecular weight is 591 g/mol. The summed E-state index contributed by atoms with van der Waals surface area (Å²) in [6, 6.07) is 0. The summed E-state index contributed by atoms with van der Waals surface area (Å²) in [4.78, 5) is 62.2. The number of methoxy groups -OCH3 is 1. The van der Waals surface area contributed by atoms with Gasteiger partial charge < -0.3 is 37.6 Å². The lowest BCUT2D eigenvalue weighted by Gasteiger charge is -2.50. The minimum absolute atomic E-state index is 0.236. The van der Waals surface area contributed by atoms with Crippen LogP contribution in [-0.2, 0) is 61.6 Å². The predicted octanol–water partition coefficient (Wildman–Crippen LogP) is 2.21. The molecule has 1 saturated heterocycles. The SMILES string of the molecule is C=CCO[C@@]1(C(=O)OC)O[C@H]([C@@H](CO[Si](C)(C)C(C)(C)C)OC(C)=O)[C@H](OC(C)=O)[C@H](OC(C)=O)[C@@H]1OC(C)=O. The molecule has 0 spiro atoms. The topological polar surface area (TPSA) is 159 Å². The third kappa shape index (κ3) is 8.85. The van der Waals surface area contributed by atoms with E-state index in [4.69, 9.17) is 37.6 Å². The van der Waals surface area contributed by atoms with Gasteiger partial charge >= 0.3 is 35.6 Å². The van der Waals surface area contributed by atoms with E-state index in [0.717, 1.165) is 34.8 Å². The van der Waals surface area contributed by atoms with Crippen LogP contribution in [0.15, 0.2) is 12.7 Å². The van der Waals surface area contributed by atoms with Gasteiger partial charge in [-0.05, 0) is 18.1 Å². The highest BCUT2D eigenvalue weighted by molar-refractivity contribution is 6.74. The Kier molecular flexibility index (Phi) is 12.5. The molecule has 0 unspecified atom stereocenters. The van der Waals surface area contributed by atoms with Crippen LogP contribution >= 0.6 is 0 Å². The van der Waals surface area contributed by atoms with E-state index in [-0.39, 0.29) is 18.3 Å². The standard InChI is InChI=1S/C26H42O13Si/c1-12-13-33-26(24(31)32-9)23(38-18(5)30)22(37-17(4)29)21(36-16(3)28)20(39-26)19(35-15(2)27)14-34-40(10,11)25(6,7)8/h12,19-23H,1,13-14H2,2-11H3/t19-,20-,21+,22+,23+,26-/m1/s1. The Morgan fingerprint density at radius 1 is 0.925 bits per heavy atom. The number of carbonyl (C=O) groups is 5. The Morgan fingerprint density at radius 2 is 1.45 bits per heavy atom. The van der Waals surface area contributed by atoms with Crippen molar-refractivity contribution >= 4 is 38.2 Å². The van der Waals surface area contributed by atoms with E-state index < -0.39 is 74.5 Å². The highest BCUT2D eigenvalue weighted by Gasteiger charge is 2.67. The molecule has 0 aliphatic carbocycles. The van der Waals surface area contributed by atoms with Gasteiger partial charge in [-0.25, -0.2) is 4.79 Å². The smallest absolute Gasteiger partial charge is 0.370 e. The quantitative estimate of drug-likeness (QED) is 0.141. The van der Waals surface area contributed by atoms with Gasteiger partial charge in [0, 0.05) is 27.7 Å². The summed E-state index contributed by atoms with van der Waals surface area (Å²) >= 11 is 0. The van der Waals surface area contributed by atoms with Crippen molar-refractivity contribution in [1.29, 1.82) is 0 Å². The summed E-state index contributed by atoms with van der Waals surface area (Å²) in [5.41, 5.74) is 0. The number of ether oxygens (including phenoxy) is 7. The van der Waals surface area contributed by atoms with Gasteiger partial charge in [-0.3, -0.25) is 19.2 Å². The molecule has 0 N–H and O–H groups in total. The molecular weight excluding hydrogens is 548 g/mol. The highest BCUT2D eigenvalue weighted by atomic mass is 28.4. The lowest BCUT2D eigenvalue weighted by atomic mass is 9.89. The van der Waals surface area contributed by atoms with Crippen LogP contribution < -0.4 is 0 Å². The molecule has 14 heteroatoms. The summed E-state index contributed by atoms with van der Waals surface area (Å²) in [5, 5.41) is -0.236. The van der Waals surface area contributed by atoms with Crippen molar-refractivity contribution in [2.45, 2.75) is 103 Å². The van der Waals surface area contributed by atoms with Gasteiger partial charge in [0.2, 0.25) is 6.10 Å². The molecular formula is C26H42O13Si. The molecule has 228 valence electrons. The summed E-state index contributed by atoms with van der Waals surface area (Å²) in [6.45, 7) is 17.3. The fourth-order valence-electron chi connectivity index (χ4n) is 3.75. The van der Waals surface area contributed by atoms with Gasteiger partial charge in [0.15, 0.2) is 26.6 Å². The van der Waals surface area contributed by atoms with Crippen LogP contribution in [0.1, 0.15) is 48.5 Å². The van der Waals surface area contributed by atoms with Crippen LogP contribution in [0.3, 0.4) is 0 Å². The van der Waals surface area contributed by atoms with Crippen molar-refractivity contribution in [3.63, 3.8) is 0 Å². The Hall–Kier alpha value is -2.81. The van der Waals surface area contributed by atoms with Gasteiger partial charge in [-0.1, -0.05) is 26.8 Å². The van der Waals surface area contributed by atoms with E-state index in [0.29, 0.717) is 0 Å². The first-order valence-electron chi connectivity index (χ1n) is 12.7. The van der Waals surface area contributed by atoms with E-state index in [9.17, 15) is 24.0 Å². The molecule has 0 amide bonds. The van der Waals surface area contributed by atoms with Crippen LogP contribution in [0.5, 0.6) is 0 Å². The van der Waals surface area contributed by atoms with Gasteiger partial charge in [0.25, 0.3) is 0 Å². The van der Waals surface area contributed by atoms with Gasteiger partial charge in [-0.15, -0.1) is 6.58 Å². The van der Waals surface area contributed by atoms with Crippen LogP contribution in [0, 0.1) is 0 Å². The van der Waals surface area contributed by atoms with E-state index >= 15 is 0 Å². The molecule has 0 aromatic heterocycles. The fourth-order valence-corrected chi connectivity index (χ4v) is 4.76. The molecule has 40 heavy (non-hydrogen) atoms. The molecule has 1 heterocycles. The number of carbonyl (C=O) groups excluding carboxylic acids is 5. The Morgan fingerprint density at radius 3 is 1.88 bits per heavy atom. The molecule has 0 radical (unpaired) electrons. The maximum Gasteiger partial charge on any atom is 0.370 e. The van der Waals surface area contributed by atoms with Crippen molar-refractivity contribution in [3.8, 4) is 0 Å². The van der Waals surface area contributed by atoms with Gasteiger partial charge in [0.1, 0.15) is 6.10 Å². The first kappa shape index (κ1) is 35.2. The first-order valence-corrected chi connectivity index (χ1v) is 15.6. The minimum Gasteiger partial charge on any atom is -0.465 e. The zero-order valence-electron chi connectivity index (χ0n) is 24.9. The molecule has 1 rings (SSSR count). The molecule has 1 fully saturated rings. The number of rotatable bonds is 12. The van der Waals surface area contributed by atoms with Crippen molar-refractivity contribution < 1.29 is 61.6 Å². The van der Waals surface area contributed by atoms with Crippen LogP contribution in [0.25, 0.3) is 0 Å². The molecule has 6 atom stereocenters. The van der Waals surface area contributed by atoms with E-state index in [1.54, 1.807) is 0 Å². The maximum atomic E-state index is 13.3. The Balaban J connectivity index is 3.92. The van der Waals surface area contributed by atoms with Crippen molar-refractivity contribution in [2.75, 3.05) is 20.3 Å². The largest absolute Gasteiger partial charge is 0.465 e. The molecule has 13 nitrogen and oxygen atoms in total. The first-order chi connectivity index (χ1) is 18.3. The Bertz CT molecular complexity index is 957. The molecule has 0 aromatic carbocycles. The second kappa shape index (κ2) is 14.2. The normalized spacial score (nSPS) is 25.6. The number of esters is 5. The van der Waals surface area contributed by atoms with Crippen molar-refractivity contribution in [1.82, 2.24) is 0 Å². The van der Waals surface area contributed by atoms with Crippen LogP contribution in [0.2, 0.25) is 18.1 Å². The summed E-state index contributed by atoms with van der Waals surface area (Å²) in [5.74, 6) is -7.08. The fraction of sp³-hybridized carbons (Fsp3) is 0.731. The number of hydrogen-bond donors (Lipinski definition) is 0. The molecule has 1 aliphatic rings. The maximum absolute atomic E-state index is 13.3. The van der Waals surface area contributed by atoms with Crippen molar-refractivity contribution in [3.05, 3.63) is 12.7 Å². The summed E-state index contributed by atoms with van der Waals surface area (Å²) in [6.07, 6.45) is -6.60. The monoisotopic (exact) mass is 590 g/mol. The van der Waals surface area contributed by atoms with E-state index in [2.05, 4.69) is 6.58 Å². The third-order valence-corrected chi connectivity index (χ3v) is 11.0.